The SMILES string of the molecule is Cc1ccccc1C(=O)NC(c1ccc(C(F)(F)F)nc1)C1CCC(F)(F)CC1. The first kappa shape index (κ1) is 21.2. The Labute approximate surface area is 165 Å². The average molecular weight is 412 g/mol. The molecule has 1 amide bonds. The summed E-state index contributed by atoms with van der Waals surface area (Å²) in [6.45, 7) is 1.77. The molecule has 1 aliphatic rings. The number of hydrogen-bond donors (Lipinski definition) is 1. The second-order valence-electron chi connectivity index (χ2n) is 7.43. The van der Waals surface area contributed by atoms with Gasteiger partial charge in [-0.2, -0.15) is 13.2 Å². The molecule has 0 bridgehead atoms. The number of nitrogens with zero attached hydrogens (tertiary/aromatic N) is 1. The second kappa shape index (κ2) is 8.08. The van der Waals surface area contributed by atoms with Gasteiger partial charge in [-0.05, 0) is 48.9 Å². The summed E-state index contributed by atoms with van der Waals surface area (Å²) in [5, 5.41) is 2.84. The smallest absolute Gasteiger partial charge is 0.345 e. The molecule has 3 nitrogen and oxygen atoms in total. The van der Waals surface area contributed by atoms with E-state index in [1.807, 2.05) is 0 Å². The monoisotopic (exact) mass is 412 g/mol. The van der Waals surface area contributed by atoms with Crippen molar-refractivity contribution in [2.45, 2.75) is 50.7 Å². The summed E-state index contributed by atoms with van der Waals surface area (Å²) < 4.78 is 65.6. The van der Waals surface area contributed by atoms with Crippen molar-refractivity contribution >= 4 is 5.91 Å². The molecule has 0 aliphatic heterocycles. The Bertz CT molecular complexity index is 854. The first-order valence-corrected chi connectivity index (χ1v) is 9.34. The molecule has 29 heavy (non-hydrogen) atoms. The van der Waals surface area contributed by atoms with Crippen LogP contribution in [-0.2, 0) is 6.18 Å². The maximum atomic E-state index is 13.6. The number of aryl methyl sites for hydroxylation is 1. The quantitative estimate of drug-likeness (QED) is 0.654. The molecule has 1 aliphatic carbocycles. The van der Waals surface area contributed by atoms with Gasteiger partial charge in [0.1, 0.15) is 5.69 Å². The molecule has 1 heterocycles. The van der Waals surface area contributed by atoms with Crippen LogP contribution < -0.4 is 5.32 Å². The Kier molecular flexibility index (Phi) is 5.91. The van der Waals surface area contributed by atoms with Crippen LogP contribution in [0.25, 0.3) is 0 Å². The molecule has 2 aromatic rings. The number of nitrogens with one attached hydrogen (secondary N) is 1. The van der Waals surface area contributed by atoms with Crippen LogP contribution in [0.3, 0.4) is 0 Å². The van der Waals surface area contributed by atoms with Gasteiger partial charge in [-0.1, -0.05) is 24.3 Å². The summed E-state index contributed by atoms with van der Waals surface area (Å²) in [4.78, 5) is 16.3. The van der Waals surface area contributed by atoms with Gasteiger partial charge in [0.15, 0.2) is 0 Å². The molecule has 1 N–H and O–H groups in total. The van der Waals surface area contributed by atoms with E-state index < -0.39 is 29.7 Å². The summed E-state index contributed by atoms with van der Waals surface area (Å²) in [5.41, 5.74) is 0.499. The number of halogens is 5. The lowest BCUT2D eigenvalue weighted by molar-refractivity contribution is -0.141. The summed E-state index contributed by atoms with van der Waals surface area (Å²) in [6.07, 6.45) is -3.83. The van der Waals surface area contributed by atoms with Crippen molar-refractivity contribution in [1.29, 1.82) is 0 Å². The van der Waals surface area contributed by atoms with E-state index in [9.17, 15) is 26.7 Å². The van der Waals surface area contributed by atoms with Crippen LogP contribution in [0.4, 0.5) is 22.0 Å². The summed E-state index contributed by atoms with van der Waals surface area (Å²) in [6, 6.07) is 8.30. The fraction of sp³-hybridized carbons (Fsp3) is 0.429. The van der Waals surface area contributed by atoms with Gasteiger partial charge < -0.3 is 5.32 Å². The average Bonchev–Trinajstić information content (AvgIpc) is 2.66. The highest BCUT2D eigenvalue weighted by molar-refractivity contribution is 5.95. The topological polar surface area (TPSA) is 42.0 Å². The number of hydrogen-bond acceptors (Lipinski definition) is 2. The van der Waals surface area contributed by atoms with Crippen LogP contribution >= 0.6 is 0 Å². The highest BCUT2D eigenvalue weighted by atomic mass is 19.4. The fourth-order valence-corrected chi connectivity index (χ4v) is 3.67. The van der Waals surface area contributed by atoms with E-state index in [1.54, 1.807) is 31.2 Å². The van der Waals surface area contributed by atoms with Gasteiger partial charge in [0.05, 0.1) is 6.04 Å². The molecule has 1 aromatic carbocycles. The molecular formula is C21H21F5N2O. The number of benzene rings is 1. The van der Waals surface area contributed by atoms with Crippen LogP contribution in [0, 0.1) is 12.8 Å². The van der Waals surface area contributed by atoms with Crippen LogP contribution in [0.15, 0.2) is 42.6 Å². The Hall–Kier alpha value is -2.51. The maximum Gasteiger partial charge on any atom is 0.433 e. The van der Waals surface area contributed by atoms with Gasteiger partial charge in [-0.25, -0.2) is 8.78 Å². The number of alkyl halides is 5. The molecule has 8 heteroatoms. The molecule has 1 unspecified atom stereocenters. The number of pyridine rings is 1. The minimum absolute atomic E-state index is 0.159. The minimum atomic E-state index is -4.58. The Morgan fingerprint density at radius 1 is 1.14 bits per heavy atom. The lowest BCUT2D eigenvalue weighted by Crippen LogP contribution is -2.37. The first-order chi connectivity index (χ1) is 13.6. The lowest BCUT2D eigenvalue weighted by atomic mass is 9.79. The lowest BCUT2D eigenvalue weighted by Gasteiger charge is -2.34. The zero-order valence-corrected chi connectivity index (χ0v) is 15.8. The van der Waals surface area contributed by atoms with E-state index in [0.717, 1.165) is 17.8 Å². The van der Waals surface area contributed by atoms with Gasteiger partial charge in [-0.15, -0.1) is 0 Å². The van der Waals surface area contributed by atoms with Crippen molar-refractivity contribution in [3.8, 4) is 0 Å². The zero-order valence-electron chi connectivity index (χ0n) is 15.8. The normalized spacial score (nSPS) is 18.3. The van der Waals surface area contributed by atoms with Crippen LogP contribution in [0.5, 0.6) is 0 Å². The predicted molar refractivity (Wildman–Crippen MR) is 97.5 cm³/mol. The highest BCUT2D eigenvalue weighted by Crippen LogP contribution is 2.41. The van der Waals surface area contributed by atoms with Gasteiger partial charge in [0.25, 0.3) is 5.91 Å². The van der Waals surface area contributed by atoms with Crippen LogP contribution in [-0.4, -0.2) is 16.8 Å². The van der Waals surface area contributed by atoms with E-state index in [0.29, 0.717) is 11.1 Å². The largest absolute Gasteiger partial charge is 0.433 e. The van der Waals surface area contributed by atoms with Gasteiger partial charge in [0, 0.05) is 24.6 Å². The zero-order chi connectivity index (χ0) is 21.2. The van der Waals surface area contributed by atoms with Crippen LogP contribution in [0.2, 0.25) is 0 Å². The molecule has 1 fully saturated rings. The molecular weight excluding hydrogens is 391 g/mol. The van der Waals surface area contributed by atoms with E-state index >= 15 is 0 Å². The third-order valence-electron chi connectivity index (χ3n) is 5.35. The number of amides is 1. The number of carbonyl (C=O) groups excluding carboxylic acids is 1. The molecule has 0 saturated heterocycles. The molecule has 1 atom stereocenters. The summed E-state index contributed by atoms with van der Waals surface area (Å²) in [5.74, 6) is -3.47. The Balaban J connectivity index is 1.88. The van der Waals surface area contributed by atoms with E-state index in [4.69, 9.17) is 0 Å². The fourth-order valence-electron chi connectivity index (χ4n) is 3.67. The highest BCUT2D eigenvalue weighted by Gasteiger charge is 2.39. The van der Waals surface area contributed by atoms with Crippen molar-refractivity contribution in [3.63, 3.8) is 0 Å². The van der Waals surface area contributed by atoms with Gasteiger partial charge in [0.2, 0.25) is 5.92 Å². The van der Waals surface area contributed by atoms with Gasteiger partial charge >= 0.3 is 6.18 Å². The van der Waals surface area contributed by atoms with E-state index in [1.165, 1.54) is 6.07 Å². The first-order valence-electron chi connectivity index (χ1n) is 9.34. The van der Waals surface area contributed by atoms with Crippen molar-refractivity contribution in [2.75, 3.05) is 0 Å². The molecule has 0 radical (unpaired) electrons. The third kappa shape index (κ3) is 5.10. The second-order valence-corrected chi connectivity index (χ2v) is 7.43. The number of aromatic nitrogens is 1. The van der Waals surface area contributed by atoms with Crippen molar-refractivity contribution in [1.82, 2.24) is 10.3 Å². The van der Waals surface area contributed by atoms with Crippen molar-refractivity contribution in [2.24, 2.45) is 5.92 Å². The maximum absolute atomic E-state index is 13.6. The summed E-state index contributed by atoms with van der Waals surface area (Å²) >= 11 is 0. The minimum Gasteiger partial charge on any atom is -0.345 e. The predicted octanol–water partition coefficient (Wildman–Crippen LogP) is 5.71. The van der Waals surface area contributed by atoms with Crippen LogP contribution in [0.1, 0.15) is 58.9 Å². The number of rotatable bonds is 4. The molecule has 0 spiro atoms. The molecule has 3 rings (SSSR count). The van der Waals surface area contributed by atoms with Gasteiger partial charge in [-0.3, -0.25) is 9.78 Å². The van der Waals surface area contributed by atoms with E-state index in [-0.39, 0.29) is 31.6 Å². The molecule has 156 valence electrons. The molecule has 1 saturated carbocycles. The Morgan fingerprint density at radius 2 is 1.79 bits per heavy atom. The standard InChI is InChI=1S/C21H21F5N2O/c1-13-4-2-3-5-16(13)19(29)28-18(14-8-10-20(22,23)11-9-14)15-6-7-17(27-12-15)21(24,25)26/h2-7,12,14,18H,8-11H2,1H3,(H,28,29). The van der Waals surface area contributed by atoms with Crippen molar-refractivity contribution in [3.05, 3.63) is 65.0 Å². The van der Waals surface area contributed by atoms with E-state index in [2.05, 4.69) is 10.3 Å². The Morgan fingerprint density at radius 3 is 2.34 bits per heavy atom. The summed E-state index contributed by atoms with van der Waals surface area (Å²) in [7, 11) is 0. The van der Waals surface area contributed by atoms with Crippen molar-refractivity contribution < 1.29 is 26.7 Å². The third-order valence-corrected chi connectivity index (χ3v) is 5.35. The number of carbonyl (C=O) groups is 1. The molecule has 1 aromatic heterocycles.